The van der Waals surface area contributed by atoms with Crippen LogP contribution in [0.2, 0.25) is 0 Å². The van der Waals surface area contributed by atoms with Gasteiger partial charge in [-0.15, -0.1) is 0 Å². The highest BCUT2D eigenvalue weighted by molar-refractivity contribution is 5.94. The number of aromatic nitrogens is 3. The van der Waals surface area contributed by atoms with Crippen LogP contribution in [-0.4, -0.2) is 39.1 Å². The van der Waals surface area contributed by atoms with Crippen molar-refractivity contribution in [3.8, 4) is 6.07 Å². The molecule has 0 aliphatic carbocycles. The number of hydrogen-bond donors (Lipinski definition) is 1. The molecule has 0 atom stereocenters. The molecule has 6 heteroatoms. The van der Waals surface area contributed by atoms with Gasteiger partial charge in [-0.2, -0.15) is 10.4 Å². The average molecular weight is 281 g/mol. The number of pyridine rings is 1. The third-order valence-electron chi connectivity index (χ3n) is 3.87. The van der Waals surface area contributed by atoms with E-state index in [0.29, 0.717) is 17.2 Å². The van der Waals surface area contributed by atoms with Crippen molar-refractivity contribution in [2.75, 3.05) is 13.1 Å². The van der Waals surface area contributed by atoms with E-state index in [9.17, 15) is 4.79 Å². The number of nitrogens with one attached hydrogen (secondary N) is 1. The van der Waals surface area contributed by atoms with E-state index in [-0.39, 0.29) is 5.91 Å². The molecule has 0 unspecified atom stereocenters. The first-order valence-corrected chi connectivity index (χ1v) is 6.92. The number of rotatable bonds is 2. The molecule has 1 amide bonds. The molecule has 1 aliphatic heterocycles. The van der Waals surface area contributed by atoms with Crippen molar-refractivity contribution in [3.63, 3.8) is 0 Å². The molecule has 21 heavy (non-hydrogen) atoms. The van der Waals surface area contributed by atoms with Gasteiger partial charge in [0.2, 0.25) is 0 Å². The number of nitrogens with zero attached hydrogens (tertiary/aromatic N) is 4. The summed E-state index contributed by atoms with van der Waals surface area (Å²) in [7, 11) is 0. The van der Waals surface area contributed by atoms with Crippen LogP contribution in [0.15, 0.2) is 30.6 Å². The lowest BCUT2D eigenvalue weighted by atomic mass is 9.93. The Hall–Kier alpha value is -2.68. The van der Waals surface area contributed by atoms with Crippen molar-refractivity contribution in [3.05, 3.63) is 47.5 Å². The number of amides is 1. The summed E-state index contributed by atoms with van der Waals surface area (Å²) in [4.78, 5) is 18.2. The van der Waals surface area contributed by atoms with Crippen molar-refractivity contribution in [2.24, 2.45) is 0 Å². The van der Waals surface area contributed by atoms with Crippen molar-refractivity contribution in [2.45, 2.75) is 18.8 Å². The molecule has 1 aliphatic rings. The lowest BCUT2D eigenvalue weighted by Crippen LogP contribution is -2.38. The topological polar surface area (TPSA) is 85.7 Å². The molecular weight excluding hydrogens is 266 g/mol. The molecule has 1 N–H and O–H groups in total. The molecule has 0 spiro atoms. The number of carbonyl (C=O) groups excluding carboxylic acids is 1. The van der Waals surface area contributed by atoms with E-state index in [1.807, 2.05) is 17.0 Å². The van der Waals surface area contributed by atoms with Gasteiger partial charge in [-0.1, -0.05) is 0 Å². The van der Waals surface area contributed by atoms with Crippen molar-refractivity contribution in [1.29, 1.82) is 5.26 Å². The molecular formula is C15H15N5O. The second-order valence-corrected chi connectivity index (χ2v) is 5.12. The minimum absolute atomic E-state index is 0.0185. The summed E-state index contributed by atoms with van der Waals surface area (Å²) in [5.41, 5.74) is 2.00. The predicted molar refractivity (Wildman–Crippen MR) is 75.4 cm³/mol. The molecule has 106 valence electrons. The summed E-state index contributed by atoms with van der Waals surface area (Å²) in [5, 5.41) is 15.7. The molecule has 1 fully saturated rings. The number of likely N-dealkylation sites (tertiary alicyclic amines) is 1. The van der Waals surface area contributed by atoms with E-state index in [4.69, 9.17) is 5.26 Å². The highest BCUT2D eigenvalue weighted by Gasteiger charge is 2.25. The Morgan fingerprint density at radius 2 is 2.14 bits per heavy atom. The standard InChI is InChI=1S/C15H15N5O/c16-9-13-2-1-12(10-17-13)15(21)20-7-4-11(5-8-20)14-3-6-18-19-14/h1-3,6,10-11H,4-5,7-8H2,(H,18,19). The van der Waals surface area contributed by atoms with E-state index in [2.05, 4.69) is 15.2 Å². The van der Waals surface area contributed by atoms with Crippen LogP contribution in [0.1, 0.15) is 40.5 Å². The van der Waals surface area contributed by atoms with Gasteiger partial charge in [0.1, 0.15) is 11.8 Å². The lowest BCUT2D eigenvalue weighted by Gasteiger charge is -2.31. The fraction of sp³-hybridized carbons (Fsp3) is 0.333. The van der Waals surface area contributed by atoms with Crippen LogP contribution < -0.4 is 0 Å². The number of nitriles is 1. The molecule has 0 radical (unpaired) electrons. The van der Waals surface area contributed by atoms with Crippen LogP contribution in [-0.2, 0) is 0 Å². The Balaban J connectivity index is 1.63. The summed E-state index contributed by atoms with van der Waals surface area (Å²) in [6.07, 6.45) is 5.09. The number of hydrogen-bond acceptors (Lipinski definition) is 4. The molecule has 6 nitrogen and oxygen atoms in total. The van der Waals surface area contributed by atoms with Gasteiger partial charge < -0.3 is 4.90 Å². The quantitative estimate of drug-likeness (QED) is 0.907. The molecule has 2 aromatic rings. The first kappa shape index (κ1) is 13.3. The van der Waals surface area contributed by atoms with Gasteiger partial charge in [0.25, 0.3) is 5.91 Å². The van der Waals surface area contributed by atoms with E-state index in [1.165, 1.54) is 6.20 Å². The summed E-state index contributed by atoms with van der Waals surface area (Å²) in [5.74, 6) is 0.422. The number of aromatic amines is 1. The monoisotopic (exact) mass is 281 g/mol. The van der Waals surface area contributed by atoms with Crippen LogP contribution >= 0.6 is 0 Å². The molecule has 2 aromatic heterocycles. The molecule has 3 heterocycles. The minimum atomic E-state index is -0.0185. The van der Waals surface area contributed by atoms with Crippen molar-refractivity contribution in [1.82, 2.24) is 20.1 Å². The highest BCUT2D eigenvalue weighted by Crippen LogP contribution is 2.26. The molecule has 0 aromatic carbocycles. The largest absolute Gasteiger partial charge is 0.339 e. The molecule has 0 bridgehead atoms. The third kappa shape index (κ3) is 2.77. The van der Waals surface area contributed by atoms with E-state index in [1.54, 1.807) is 18.3 Å². The Kier molecular flexibility index (Phi) is 3.65. The van der Waals surface area contributed by atoms with E-state index >= 15 is 0 Å². The fourth-order valence-corrected chi connectivity index (χ4v) is 2.66. The maximum atomic E-state index is 12.4. The smallest absolute Gasteiger partial charge is 0.255 e. The first-order chi connectivity index (χ1) is 10.3. The summed E-state index contributed by atoms with van der Waals surface area (Å²) in [6.45, 7) is 1.45. The second kappa shape index (κ2) is 5.75. The Morgan fingerprint density at radius 1 is 1.33 bits per heavy atom. The van der Waals surface area contributed by atoms with Crippen molar-refractivity contribution < 1.29 is 4.79 Å². The van der Waals surface area contributed by atoms with Gasteiger partial charge in [0.15, 0.2) is 0 Å². The van der Waals surface area contributed by atoms with Gasteiger partial charge in [-0.3, -0.25) is 9.89 Å². The van der Waals surface area contributed by atoms with Crippen LogP contribution in [0, 0.1) is 11.3 Å². The normalized spacial score (nSPS) is 15.7. The van der Waals surface area contributed by atoms with Gasteiger partial charge in [-0.25, -0.2) is 4.98 Å². The fourth-order valence-electron chi connectivity index (χ4n) is 2.66. The zero-order valence-electron chi connectivity index (χ0n) is 11.5. The number of piperidine rings is 1. The average Bonchev–Trinajstić information content (AvgIpc) is 3.09. The van der Waals surface area contributed by atoms with Crippen molar-refractivity contribution >= 4 is 5.91 Å². The lowest BCUT2D eigenvalue weighted by molar-refractivity contribution is 0.0711. The summed E-state index contributed by atoms with van der Waals surface area (Å²) >= 11 is 0. The zero-order valence-corrected chi connectivity index (χ0v) is 11.5. The van der Waals surface area contributed by atoms with Crippen LogP contribution in [0.25, 0.3) is 0 Å². The first-order valence-electron chi connectivity index (χ1n) is 6.92. The van der Waals surface area contributed by atoms with E-state index in [0.717, 1.165) is 31.6 Å². The zero-order chi connectivity index (χ0) is 14.7. The Morgan fingerprint density at radius 3 is 2.71 bits per heavy atom. The minimum Gasteiger partial charge on any atom is -0.339 e. The Bertz CT molecular complexity index is 648. The summed E-state index contributed by atoms with van der Waals surface area (Å²) in [6, 6.07) is 7.18. The number of H-pyrrole nitrogens is 1. The van der Waals surface area contributed by atoms with Gasteiger partial charge in [0.05, 0.1) is 5.56 Å². The van der Waals surface area contributed by atoms with Crippen LogP contribution in [0.3, 0.4) is 0 Å². The van der Waals surface area contributed by atoms with Gasteiger partial charge in [0, 0.05) is 37.1 Å². The summed E-state index contributed by atoms with van der Waals surface area (Å²) < 4.78 is 0. The molecule has 0 saturated carbocycles. The molecule has 3 rings (SSSR count). The molecule has 1 saturated heterocycles. The maximum Gasteiger partial charge on any atom is 0.255 e. The van der Waals surface area contributed by atoms with Crippen LogP contribution in [0.5, 0.6) is 0 Å². The van der Waals surface area contributed by atoms with Gasteiger partial charge >= 0.3 is 0 Å². The predicted octanol–water partition coefficient (Wildman–Crippen LogP) is 1.70. The van der Waals surface area contributed by atoms with E-state index < -0.39 is 0 Å². The van der Waals surface area contributed by atoms with Crippen LogP contribution in [0.4, 0.5) is 0 Å². The third-order valence-corrected chi connectivity index (χ3v) is 3.87. The number of carbonyl (C=O) groups is 1. The second-order valence-electron chi connectivity index (χ2n) is 5.12. The maximum absolute atomic E-state index is 12.4. The Labute approximate surface area is 122 Å². The highest BCUT2D eigenvalue weighted by atomic mass is 16.2. The van der Waals surface area contributed by atoms with Gasteiger partial charge in [-0.05, 0) is 31.0 Å². The SMILES string of the molecule is N#Cc1ccc(C(=O)N2CCC(c3ccn[nH]3)CC2)cn1.